The average Bonchev–Trinajstić information content (AvgIpc) is 3.89. The number of fused-ring (bicyclic) bond motifs is 3. The van der Waals surface area contributed by atoms with Gasteiger partial charge in [-0.25, -0.2) is 15.0 Å². The van der Waals surface area contributed by atoms with Gasteiger partial charge in [0.1, 0.15) is 36.2 Å². The van der Waals surface area contributed by atoms with E-state index in [1.807, 2.05) is 73.6 Å². The first-order valence-corrected chi connectivity index (χ1v) is 17.3. The molecule has 0 saturated heterocycles. The van der Waals surface area contributed by atoms with Gasteiger partial charge >= 0.3 is 0 Å². The first-order chi connectivity index (χ1) is 24.3. The Morgan fingerprint density at radius 2 is 0.714 bits per heavy atom. The van der Waals surface area contributed by atoms with Crippen LogP contribution in [0.1, 0.15) is 0 Å². The molecular weight excluding hydrogens is 631 g/mol. The highest BCUT2D eigenvalue weighted by atomic mass is 31.1. The third-order valence-electron chi connectivity index (χ3n) is 9.67. The Bertz CT molecular complexity index is 2590. The van der Waals surface area contributed by atoms with Crippen LogP contribution in [-0.4, -0.2) is 28.7 Å². The van der Waals surface area contributed by atoms with Gasteiger partial charge in [-0.05, 0) is 72.8 Å². The smallest absolute Gasteiger partial charge is 0.163 e. The molecule has 9 aromatic rings. The Balaban J connectivity index is 1.16. The monoisotopic (exact) mass is 652 g/mol. The molecule has 9 nitrogen and oxygen atoms in total. The Labute approximate surface area is 279 Å². The fourth-order valence-electron chi connectivity index (χ4n) is 7.50. The normalized spacial score (nSPS) is 13.7. The van der Waals surface area contributed by atoms with Gasteiger partial charge in [0.15, 0.2) is 17.2 Å². The van der Waals surface area contributed by atoms with Crippen molar-refractivity contribution in [3.8, 4) is 51.6 Å². The van der Waals surface area contributed by atoms with Crippen molar-refractivity contribution in [1.29, 1.82) is 0 Å². The molecule has 6 aromatic carbocycles. The quantitative estimate of drug-likeness (QED) is 0.182. The fraction of sp³-hybridized carbons (Fsp3) is 0. The van der Waals surface area contributed by atoms with E-state index in [0.717, 1.165) is 101 Å². The van der Waals surface area contributed by atoms with Crippen molar-refractivity contribution in [3.05, 3.63) is 128 Å². The minimum Gasteiger partial charge on any atom is -0.453 e. The standard InChI is InChI=1S/C39H21N6O3P/c1-4-10-25-22(7-1)40-19-43(25)28-13-16-31-37-34(28)46-32-17-14-29(44-20-41-23-8-2-5-11-26(23)44)35-38(32)49(37)39-33(48-35)18-15-30(36(39)47-31)45-21-42-24-9-3-6-12-27(24)45/h1-21H. The van der Waals surface area contributed by atoms with Gasteiger partial charge in [-0.1, -0.05) is 36.4 Å². The maximum absolute atomic E-state index is 6.94. The van der Waals surface area contributed by atoms with Crippen LogP contribution in [0.25, 0.3) is 50.2 Å². The highest BCUT2D eigenvalue weighted by molar-refractivity contribution is 7.81. The Morgan fingerprint density at radius 1 is 0.388 bits per heavy atom. The van der Waals surface area contributed by atoms with Crippen molar-refractivity contribution in [2.75, 3.05) is 0 Å². The summed E-state index contributed by atoms with van der Waals surface area (Å²) in [6, 6.07) is 36.8. The number of ether oxygens (including phenoxy) is 3. The van der Waals surface area contributed by atoms with Crippen molar-refractivity contribution in [2.45, 2.75) is 0 Å². The molecule has 0 aliphatic carbocycles. The molecule has 3 aliphatic heterocycles. The average molecular weight is 653 g/mol. The number of hydrogen-bond acceptors (Lipinski definition) is 6. The number of rotatable bonds is 3. The highest BCUT2D eigenvalue weighted by Crippen LogP contribution is 2.61. The fourth-order valence-corrected chi connectivity index (χ4v) is 10.3. The van der Waals surface area contributed by atoms with Crippen LogP contribution in [0.4, 0.5) is 0 Å². The van der Waals surface area contributed by atoms with E-state index in [4.69, 9.17) is 29.2 Å². The summed E-state index contributed by atoms with van der Waals surface area (Å²) in [5.41, 5.74) is 8.48. The van der Waals surface area contributed by atoms with Crippen LogP contribution in [0.2, 0.25) is 0 Å². The van der Waals surface area contributed by atoms with E-state index in [1.54, 1.807) is 0 Å². The minimum absolute atomic E-state index is 0.765. The molecule has 0 spiro atoms. The number of aromatic nitrogens is 6. The molecular formula is C39H21N6O3P. The van der Waals surface area contributed by atoms with Gasteiger partial charge in [-0.15, -0.1) is 0 Å². The maximum Gasteiger partial charge on any atom is 0.163 e. The summed E-state index contributed by atoms with van der Waals surface area (Å²) in [6.45, 7) is 0. The second-order valence-electron chi connectivity index (χ2n) is 12.2. The van der Waals surface area contributed by atoms with Crippen molar-refractivity contribution in [2.24, 2.45) is 0 Å². The van der Waals surface area contributed by atoms with Crippen LogP contribution in [0, 0.1) is 0 Å². The predicted octanol–water partition coefficient (Wildman–Crippen LogP) is 7.78. The zero-order valence-electron chi connectivity index (χ0n) is 25.5. The molecule has 3 aromatic heterocycles. The van der Waals surface area contributed by atoms with Gasteiger partial charge < -0.3 is 14.2 Å². The lowest BCUT2D eigenvalue weighted by atomic mass is 10.2. The van der Waals surface area contributed by atoms with Gasteiger partial charge in [-0.2, -0.15) is 0 Å². The summed E-state index contributed by atoms with van der Waals surface area (Å²) < 4.78 is 27.1. The second kappa shape index (κ2) is 9.13. The van der Waals surface area contributed by atoms with E-state index in [0.29, 0.717) is 0 Å². The lowest BCUT2D eigenvalue weighted by molar-refractivity contribution is 0.443. The molecule has 0 amide bonds. The van der Waals surface area contributed by atoms with Gasteiger partial charge in [-0.3, -0.25) is 13.7 Å². The summed E-state index contributed by atoms with van der Waals surface area (Å²) in [4.78, 5) is 14.1. The molecule has 0 fully saturated rings. The number of benzene rings is 6. The number of hydrogen-bond donors (Lipinski definition) is 0. The van der Waals surface area contributed by atoms with Gasteiger partial charge in [0, 0.05) is 7.92 Å². The summed E-state index contributed by atoms with van der Waals surface area (Å²) in [5.74, 6) is 4.60. The van der Waals surface area contributed by atoms with E-state index < -0.39 is 7.92 Å². The Hall–Kier alpha value is -6.44. The van der Waals surface area contributed by atoms with E-state index in [9.17, 15) is 0 Å². The van der Waals surface area contributed by atoms with Crippen LogP contribution in [0.3, 0.4) is 0 Å². The molecule has 10 heteroatoms. The zero-order valence-corrected chi connectivity index (χ0v) is 26.4. The van der Waals surface area contributed by atoms with Crippen molar-refractivity contribution >= 4 is 56.9 Å². The van der Waals surface area contributed by atoms with E-state index in [2.05, 4.69) is 68.3 Å². The number of para-hydroxylation sites is 6. The zero-order chi connectivity index (χ0) is 31.8. The molecule has 0 radical (unpaired) electrons. The van der Waals surface area contributed by atoms with Crippen molar-refractivity contribution < 1.29 is 14.2 Å². The molecule has 0 N–H and O–H groups in total. The lowest BCUT2D eigenvalue weighted by Crippen LogP contribution is -2.37. The first-order valence-electron chi connectivity index (χ1n) is 15.9. The minimum atomic E-state index is -1.19. The number of imidazole rings is 3. The molecule has 3 aliphatic rings. The number of nitrogens with zero attached hydrogens (tertiary/aromatic N) is 6. The van der Waals surface area contributed by atoms with Crippen LogP contribution in [-0.2, 0) is 0 Å². The molecule has 49 heavy (non-hydrogen) atoms. The van der Waals surface area contributed by atoms with Crippen molar-refractivity contribution in [1.82, 2.24) is 28.7 Å². The Morgan fingerprint density at radius 3 is 1.06 bits per heavy atom. The topological polar surface area (TPSA) is 81.2 Å². The highest BCUT2D eigenvalue weighted by Gasteiger charge is 2.46. The second-order valence-corrected chi connectivity index (χ2v) is 14.2. The van der Waals surface area contributed by atoms with Crippen molar-refractivity contribution in [3.63, 3.8) is 0 Å². The molecule has 230 valence electrons. The largest absolute Gasteiger partial charge is 0.453 e. The predicted molar refractivity (Wildman–Crippen MR) is 189 cm³/mol. The molecule has 12 rings (SSSR count). The summed E-state index contributed by atoms with van der Waals surface area (Å²) >= 11 is 0. The van der Waals surface area contributed by atoms with Crippen LogP contribution >= 0.6 is 7.92 Å². The summed E-state index contributed by atoms with van der Waals surface area (Å²) in [6.07, 6.45) is 5.59. The van der Waals surface area contributed by atoms with Gasteiger partial charge in [0.25, 0.3) is 0 Å². The van der Waals surface area contributed by atoms with Crippen LogP contribution in [0.5, 0.6) is 34.5 Å². The molecule has 0 atom stereocenters. The maximum atomic E-state index is 6.94. The van der Waals surface area contributed by atoms with E-state index >= 15 is 0 Å². The molecule has 0 saturated carbocycles. The van der Waals surface area contributed by atoms with Crippen LogP contribution in [0.15, 0.2) is 128 Å². The van der Waals surface area contributed by atoms with Crippen LogP contribution < -0.4 is 30.1 Å². The molecule has 6 heterocycles. The molecule has 0 unspecified atom stereocenters. The summed E-state index contributed by atoms with van der Waals surface area (Å²) in [5, 5.41) is 3.07. The molecule has 0 bridgehead atoms. The lowest BCUT2D eigenvalue weighted by Gasteiger charge is -2.40. The van der Waals surface area contributed by atoms with Gasteiger partial charge in [0.05, 0.1) is 66.1 Å². The third kappa shape index (κ3) is 3.29. The van der Waals surface area contributed by atoms with E-state index in [-0.39, 0.29) is 0 Å². The third-order valence-corrected chi connectivity index (χ3v) is 12.3. The SMILES string of the molecule is c1ccc2c(c1)ncn2-c1ccc2c3c1Oc1ccc(-n4cnc5ccccc54)c4c1P3c1c(ccc(-n3cnc5ccccc53)c1O2)O4. The Kier molecular flexibility index (Phi) is 4.77. The van der Waals surface area contributed by atoms with E-state index in [1.165, 1.54) is 0 Å². The summed E-state index contributed by atoms with van der Waals surface area (Å²) in [7, 11) is -1.19. The van der Waals surface area contributed by atoms with Gasteiger partial charge in [0.2, 0.25) is 0 Å². The first kappa shape index (κ1) is 25.6.